The minimum absolute atomic E-state index is 0.00487. The Bertz CT molecular complexity index is 1030. The first kappa shape index (κ1) is 23.6. The predicted octanol–water partition coefficient (Wildman–Crippen LogP) is 2.92. The van der Waals surface area contributed by atoms with E-state index in [1.807, 2.05) is 0 Å². The monoisotopic (exact) mass is 449 g/mol. The van der Waals surface area contributed by atoms with Crippen molar-refractivity contribution < 1.29 is 22.8 Å². The fourth-order valence-electron chi connectivity index (χ4n) is 2.33. The Morgan fingerprint density at radius 3 is 2.00 bits per heavy atom. The van der Waals surface area contributed by atoms with Crippen molar-refractivity contribution in [2.75, 3.05) is 33.0 Å². The van der Waals surface area contributed by atoms with Gasteiger partial charge in [0.1, 0.15) is 0 Å². The van der Waals surface area contributed by atoms with E-state index in [4.69, 9.17) is 0 Å². The number of carbonyl (C=O) groups is 3. The van der Waals surface area contributed by atoms with Gasteiger partial charge in [0, 0.05) is 37.3 Å². The van der Waals surface area contributed by atoms with Crippen LogP contribution in [0, 0.1) is 0 Å². The van der Waals surface area contributed by atoms with Crippen LogP contribution in [0.25, 0.3) is 0 Å². The van der Waals surface area contributed by atoms with Crippen LogP contribution in [0.3, 0.4) is 0 Å². The predicted molar refractivity (Wildman–Crippen MR) is 116 cm³/mol. The van der Waals surface area contributed by atoms with Gasteiger partial charge in [0.05, 0.1) is 11.4 Å². The molecule has 160 valence electrons. The summed E-state index contributed by atoms with van der Waals surface area (Å²) in [6.45, 7) is 1.01. The summed E-state index contributed by atoms with van der Waals surface area (Å²) >= 11 is 1.06. The minimum atomic E-state index is -3.88. The third kappa shape index (κ3) is 6.15. The summed E-state index contributed by atoms with van der Waals surface area (Å²) in [7, 11) is 0.742. The van der Waals surface area contributed by atoms with Gasteiger partial charge in [0.15, 0.2) is 5.78 Å². The normalized spacial score (nSPS) is 11.2. The fourth-order valence-corrected chi connectivity index (χ4v) is 4.11. The first-order chi connectivity index (χ1) is 14.0. The van der Waals surface area contributed by atoms with E-state index in [0.29, 0.717) is 11.3 Å². The van der Waals surface area contributed by atoms with Gasteiger partial charge in [-0.05, 0) is 55.1 Å². The Balaban J connectivity index is 1.99. The van der Waals surface area contributed by atoms with Crippen molar-refractivity contribution in [3.63, 3.8) is 0 Å². The molecule has 2 aromatic rings. The molecule has 2 rings (SSSR count). The van der Waals surface area contributed by atoms with Gasteiger partial charge in [-0.15, -0.1) is 0 Å². The van der Waals surface area contributed by atoms with E-state index in [1.54, 1.807) is 38.4 Å². The number of hydrogen-bond donors (Lipinski definition) is 1. The second-order valence-electron chi connectivity index (χ2n) is 6.68. The van der Waals surface area contributed by atoms with Crippen molar-refractivity contribution >= 4 is 44.4 Å². The number of rotatable bonds is 7. The van der Waals surface area contributed by atoms with E-state index in [-0.39, 0.29) is 22.5 Å². The van der Waals surface area contributed by atoms with Gasteiger partial charge in [-0.2, -0.15) is 4.31 Å². The number of nitrogens with zero attached hydrogens (tertiary/aromatic N) is 2. The molecule has 10 heteroatoms. The van der Waals surface area contributed by atoms with Crippen molar-refractivity contribution in [2.45, 2.75) is 16.7 Å². The van der Waals surface area contributed by atoms with E-state index in [2.05, 4.69) is 5.32 Å². The smallest absolute Gasteiger partial charge is 0.285 e. The first-order valence-electron chi connectivity index (χ1n) is 8.87. The molecule has 8 nitrogen and oxygen atoms in total. The van der Waals surface area contributed by atoms with Gasteiger partial charge < -0.3 is 10.2 Å². The fraction of sp³-hybridized carbons (Fsp3) is 0.250. The summed E-state index contributed by atoms with van der Waals surface area (Å²) in [4.78, 5) is 37.5. The van der Waals surface area contributed by atoms with E-state index in [1.165, 1.54) is 43.1 Å². The lowest BCUT2D eigenvalue weighted by molar-refractivity contribution is -0.116. The number of amides is 2. The molecule has 0 unspecified atom stereocenters. The van der Waals surface area contributed by atoms with Gasteiger partial charge in [0.25, 0.3) is 5.24 Å². The topological polar surface area (TPSA) is 104 Å². The maximum absolute atomic E-state index is 12.6. The molecular weight excluding hydrogens is 426 g/mol. The molecule has 0 saturated carbocycles. The highest BCUT2D eigenvalue weighted by atomic mass is 32.2. The number of Topliss-reactive ketones (excluding diaryl/α,β-unsaturated/α-hetero) is 1. The Kier molecular flexibility index (Phi) is 7.77. The summed E-state index contributed by atoms with van der Waals surface area (Å²) in [5.74, 6) is -0.673. The zero-order valence-electron chi connectivity index (χ0n) is 17.1. The zero-order chi connectivity index (χ0) is 22.5. The molecule has 0 heterocycles. The standard InChI is InChI=1S/C20H23N3O5S2/c1-14(24)15-5-11-18(12-6-15)30(27,28)23(4)13-19(25)21-16-7-9-17(10-8-16)29-20(26)22(2)3/h5-12H,13H2,1-4H3,(H,21,25). The van der Waals surface area contributed by atoms with Crippen LogP contribution >= 0.6 is 11.8 Å². The molecule has 0 saturated heterocycles. The van der Waals surface area contributed by atoms with Crippen molar-refractivity contribution in [3.05, 3.63) is 54.1 Å². The van der Waals surface area contributed by atoms with Gasteiger partial charge >= 0.3 is 0 Å². The summed E-state index contributed by atoms with van der Waals surface area (Å²) in [6.07, 6.45) is 0. The van der Waals surface area contributed by atoms with Gasteiger partial charge in [-0.25, -0.2) is 8.42 Å². The molecule has 2 amide bonds. The number of hydrogen-bond acceptors (Lipinski definition) is 6. The Morgan fingerprint density at radius 2 is 1.50 bits per heavy atom. The zero-order valence-corrected chi connectivity index (χ0v) is 18.7. The van der Waals surface area contributed by atoms with Crippen molar-refractivity contribution in [1.29, 1.82) is 0 Å². The Morgan fingerprint density at radius 1 is 0.933 bits per heavy atom. The molecular formula is C20H23N3O5S2. The summed E-state index contributed by atoms with van der Waals surface area (Å²) in [6, 6.07) is 12.2. The molecule has 2 aromatic carbocycles. The number of ketones is 1. The van der Waals surface area contributed by atoms with Crippen LogP contribution < -0.4 is 5.32 Å². The number of nitrogens with one attached hydrogen (secondary N) is 1. The molecule has 0 spiro atoms. The van der Waals surface area contributed by atoms with E-state index < -0.39 is 15.9 Å². The van der Waals surface area contributed by atoms with Crippen LogP contribution in [0.4, 0.5) is 10.5 Å². The summed E-state index contributed by atoms with van der Waals surface area (Å²) < 4.78 is 26.2. The molecule has 0 bridgehead atoms. The van der Waals surface area contributed by atoms with Crippen LogP contribution in [-0.2, 0) is 14.8 Å². The van der Waals surface area contributed by atoms with Crippen molar-refractivity contribution in [3.8, 4) is 0 Å². The molecule has 1 N–H and O–H groups in total. The third-order valence-corrected chi connectivity index (χ3v) is 6.91. The molecule has 0 radical (unpaired) electrons. The lowest BCUT2D eigenvalue weighted by Crippen LogP contribution is -2.35. The average Bonchev–Trinajstić information content (AvgIpc) is 2.69. The Labute approximate surface area is 180 Å². The van der Waals surface area contributed by atoms with Crippen LogP contribution in [0.5, 0.6) is 0 Å². The van der Waals surface area contributed by atoms with Crippen LogP contribution in [-0.4, -0.2) is 62.2 Å². The maximum Gasteiger partial charge on any atom is 0.285 e. The number of sulfonamides is 1. The molecule has 0 aliphatic heterocycles. The SMILES string of the molecule is CC(=O)c1ccc(S(=O)(=O)N(C)CC(=O)Nc2ccc(SC(=O)N(C)C)cc2)cc1. The second kappa shape index (κ2) is 9.88. The van der Waals surface area contributed by atoms with Crippen LogP contribution in [0.1, 0.15) is 17.3 Å². The maximum atomic E-state index is 12.6. The number of thioether (sulfide) groups is 1. The highest BCUT2D eigenvalue weighted by Crippen LogP contribution is 2.22. The minimum Gasteiger partial charge on any atom is -0.339 e. The molecule has 30 heavy (non-hydrogen) atoms. The molecule has 0 atom stereocenters. The highest BCUT2D eigenvalue weighted by Gasteiger charge is 2.23. The summed E-state index contributed by atoms with van der Waals surface area (Å²) in [5.41, 5.74) is 0.890. The van der Waals surface area contributed by atoms with Crippen LogP contribution in [0.15, 0.2) is 58.3 Å². The Hall–Kier alpha value is -2.69. The molecule has 0 fully saturated rings. The van der Waals surface area contributed by atoms with Crippen molar-refractivity contribution in [2.24, 2.45) is 0 Å². The second-order valence-corrected chi connectivity index (χ2v) is 9.75. The molecule has 0 aliphatic rings. The quantitative estimate of drug-likeness (QED) is 0.515. The number of anilines is 1. The van der Waals surface area contributed by atoms with Crippen LogP contribution in [0.2, 0.25) is 0 Å². The number of likely N-dealkylation sites (N-methyl/N-ethyl adjacent to an activating group) is 1. The number of benzene rings is 2. The first-order valence-corrected chi connectivity index (χ1v) is 11.1. The van der Waals surface area contributed by atoms with Gasteiger partial charge in [0.2, 0.25) is 15.9 Å². The number of carbonyl (C=O) groups excluding carboxylic acids is 3. The van der Waals surface area contributed by atoms with E-state index in [9.17, 15) is 22.8 Å². The van der Waals surface area contributed by atoms with E-state index >= 15 is 0 Å². The third-order valence-electron chi connectivity index (χ3n) is 4.04. The largest absolute Gasteiger partial charge is 0.339 e. The highest BCUT2D eigenvalue weighted by molar-refractivity contribution is 8.13. The van der Waals surface area contributed by atoms with E-state index in [0.717, 1.165) is 21.0 Å². The average molecular weight is 450 g/mol. The van der Waals surface area contributed by atoms with Crippen molar-refractivity contribution in [1.82, 2.24) is 9.21 Å². The van der Waals surface area contributed by atoms with Gasteiger partial charge in [-0.1, -0.05) is 12.1 Å². The molecule has 0 aromatic heterocycles. The lowest BCUT2D eigenvalue weighted by Gasteiger charge is -2.17. The molecule has 0 aliphatic carbocycles. The lowest BCUT2D eigenvalue weighted by atomic mass is 10.2. The summed E-state index contributed by atoms with van der Waals surface area (Å²) in [5, 5.41) is 2.51. The van der Waals surface area contributed by atoms with Gasteiger partial charge in [-0.3, -0.25) is 14.4 Å².